The number of aromatic nitrogens is 2. The van der Waals surface area contributed by atoms with E-state index >= 15 is 0 Å². The molecule has 0 saturated carbocycles. The predicted octanol–water partition coefficient (Wildman–Crippen LogP) is 2.79. The molecule has 0 aliphatic rings. The van der Waals surface area contributed by atoms with Gasteiger partial charge in [-0.15, -0.1) is 0 Å². The van der Waals surface area contributed by atoms with Crippen molar-refractivity contribution >= 4 is 21.6 Å². The zero-order valence-corrected chi connectivity index (χ0v) is 17.7. The first-order chi connectivity index (χ1) is 14.2. The van der Waals surface area contributed by atoms with Gasteiger partial charge < -0.3 is 9.88 Å². The molecule has 9 heteroatoms. The van der Waals surface area contributed by atoms with Crippen LogP contribution in [0.5, 0.6) is 0 Å². The van der Waals surface area contributed by atoms with E-state index in [2.05, 4.69) is 10.3 Å². The molecular formula is C21H23FN4O3S. The van der Waals surface area contributed by atoms with Gasteiger partial charge >= 0.3 is 0 Å². The van der Waals surface area contributed by atoms with Crippen molar-refractivity contribution in [3.63, 3.8) is 0 Å². The number of carbonyl (C=O) groups is 1. The summed E-state index contributed by atoms with van der Waals surface area (Å²) in [5, 5.41) is 2.76. The maximum absolute atomic E-state index is 13.2. The Morgan fingerprint density at radius 2 is 1.80 bits per heavy atom. The van der Waals surface area contributed by atoms with Crippen LogP contribution >= 0.6 is 0 Å². The molecular weight excluding hydrogens is 407 g/mol. The van der Waals surface area contributed by atoms with Gasteiger partial charge in [-0.3, -0.25) is 9.10 Å². The Bertz CT molecular complexity index is 1130. The molecule has 1 heterocycles. The van der Waals surface area contributed by atoms with Crippen LogP contribution in [0.1, 0.15) is 18.3 Å². The standard InChI is InChI=1S/C21H23FN4O3S/c1-15(26(30(3,28)29)20-10-6-18(22)7-11-20)21(27)24-14-17-4-8-19(9-5-17)25-13-12-23-16(25)2/h4-13,15H,14H2,1-3H3,(H,24,27). The zero-order chi connectivity index (χ0) is 21.9. The van der Waals surface area contributed by atoms with Crippen molar-refractivity contribution in [2.45, 2.75) is 26.4 Å². The first kappa shape index (κ1) is 21.5. The van der Waals surface area contributed by atoms with Gasteiger partial charge in [0, 0.05) is 24.6 Å². The van der Waals surface area contributed by atoms with Crippen molar-refractivity contribution in [2.24, 2.45) is 0 Å². The molecule has 1 atom stereocenters. The highest BCUT2D eigenvalue weighted by atomic mass is 32.2. The lowest BCUT2D eigenvalue weighted by Gasteiger charge is -2.28. The first-order valence-electron chi connectivity index (χ1n) is 9.29. The van der Waals surface area contributed by atoms with Crippen LogP contribution in [0.2, 0.25) is 0 Å². The van der Waals surface area contributed by atoms with Crippen molar-refractivity contribution in [1.82, 2.24) is 14.9 Å². The fraction of sp³-hybridized carbons (Fsp3) is 0.238. The van der Waals surface area contributed by atoms with Crippen LogP contribution in [0.4, 0.5) is 10.1 Å². The molecule has 0 bridgehead atoms. The SMILES string of the molecule is Cc1nccn1-c1ccc(CNC(=O)C(C)N(c2ccc(F)cc2)S(C)(=O)=O)cc1. The third-order valence-electron chi connectivity index (χ3n) is 4.68. The molecule has 0 radical (unpaired) electrons. The number of halogens is 1. The van der Waals surface area contributed by atoms with E-state index in [1.54, 1.807) is 6.20 Å². The number of imidazole rings is 1. The minimum absolute atomic E-state index is 0.224. The highest BCUT2D eigenvalue weighted by molar-refractivity contribution is 7.92. The summed E-state index contributed by atoms with van der Waals surface area (Å²) in [6.45, 7) is 3.64. The lowest BCUT2D eigenvalue weighted by Crippen LogP contribution is -2.47. The van der Waals surface area contributed by atoms with E-state index in [9.17, 15) is 17.6 Å². The Morgan fingerprint density at radius 1 is 1.17 bits per heavy atom. The molecule has 30 heavy (non-hydrogen) atoms. The molecule has 1 amide bonds. The van der Waals surface area contributed by atoms with E-state index in [4.69, 9.17) is 0 Å². The maximum atomic E-state index is 13.2. The van der Waals surface area contributed by atoms with Gasteiger partial charge in [-0.1, -0.05) is 12.1 Å². The van der Waals surface area contributed by atoms with Crippen molar-refractivity contribution in [3.05, 3.63) is 78.1 Å². The van der Waals surface area contributed by atoms with Crippen molar-refractivity contribution in [1.29, 1.82) is 0 Å². The first-order valence-corrected chi connectivity index (χ1v) is 11.1. The van der Waals surface area contributed by atoms with Gasteiger partial charge in [-0.25, -0.2) is 17.8 Å². The van der Waals surface area contributed by atoms with Gasteiger partial charge in [0.1, 0.15) is 17.7 Å². The summed E-state index contributed by atoms with van der Waals surface area (Å²) in [5.41, 5.74) is 2.04. The third kappa shape index (κ3) is 4.85. The summed E-state index contributed by atoms with van der Waals surface area (Å²) in [4.78, 5) is 16.8. The molecule has 2 aromatic carbocycles. The number of carbonyl (C=O) groups excluding carboxylic acids is 1. The van der Waals surface area contributed by atoms with Crippen LogP contribution in [-0.2, 0) is 21.4 Å². The molecule has 3 aromatic rings. The molecule has 7 nitrogen and oxygen atoms in total. The monoisotopic (exact) mass is 430 g/mol. The largest absolute Gasteiger partial charge is 0.350 e. The number of hydrogen-bond acceptors (Lipinski definition) is 4. The molecule has 0 aliphatic heterocycles. The predicted molar refractivity (Wildman–Crippen MR) is 113 cm³/mol. The number of nitrogens with zero attached hydrogens (tertiary/aromatic N) is 3. The average Bonchev–Trinajstić information content (AvgIpc) is 3.13. The summed E-state index contributed by atoms with van der Waals surface area (Å²) >= 11 is 0. The highest BCUT2D eigenvalue weighted by Gasteiger charge is 2.29. The number of sulfonamides is 1. The average molecular weight is 431 g/mol. The minimum atomic E-state index is -3.75. The zero-order valence-electron chi connectivity index (χ0n) is 16.9. The van der Waals surface area contributed by atoms with Gasteiger partial charge in [0.15, 0.2) is 0 Å². The van der Waals surface area contributed by atoms with E-state index in [-0.39, 0.29) is 12.2 Å². The maximum Gasteiger partial charge on any atom is 0.243 e. The van der Waals surface area contributed by atoms with Crippen LogP contribution < -0.4 is 9.62 Å². The fourth-order valence-electron chi connectivity index (χ4n) is 3.16. The van der Waals surface area contributed by atoms with E-state index < -0.39 is 27.8 Å². The summed E-state index contributed by atoms with van der Waals surface area (Å²) in [5.74, 6) is -0.0792. The highest BCUT2D eigenvalue weighted by Crippen LogP contribution is 2.21. The van der Waals surface area contributed by atoms with Crippen LogP contribution in [-0.4, -0.2) is 36.2 Å². The minimum Gasteiger partial charge on any atom is -0.350 e. The molecule has 1 unspecified atom stereocenters. The van der Waals surface area contributed by atoms with Gasteiger partial charge in [0.2, 0.25) is 15.9 Å². The number of hydrogen-bond donors (Lipinski definition) is 1. The second-order valence-corrected chi connectivity index (χ2v) is 8.80. The second-order valence-electron chi connectivity index (χ2n) is 6.94. The molecule has 3 rings (SSSR count). The lowest BCUT2D eigenvalue weighted by molar-refractivity contribution is -0.122. The molecule has 1 aromatic heterocycles. The molecule has 0 spiro atoms. The second kappa shape index (κ2) is 8.66. The topological polar surface area (TPSA) is 84.3 Å². The van der Waals surface area contributed by atoms with E-state index in [1.807, 2.05) is 42.0 Å². The number of aryl methyl sites for hydroxylation is 1. The Kier molecular flexibility index (Phi) is 6.21. The summed E-state index contributed by atoms with van der Waals surface area (Å²) < 4.78 is 40.6. The molecule has 158 valence electrons. The van der Waals surface area contributed by atoms with Gasteiger partial charge in [0.05, 0.1) is 11.9 Å². The normalized spacial score (nSPS) is 12.4. The summed E-state index contributed by atoms with van der Waals surface area (Å²) in [7, 11) is -3.75. The lowest BCUT2D eigenvalue weighted by atomic mass is 10.2. The quantitative estimate of drug-likeness (QED) is 0.625. The van der Waals surface area contributed by atoms with Crippen LogP contribution in [0.25, 0.3) is 5.69 Å². The molecule has 0 saturated heterocycles. The van der Waals surface area contributed by atoms with Crippen molar-refractivity contribution in [3.8, 4) is 5.69 Å². The Hall–Kier alpha value is -3.20. The van der Waals surface area contributed by atoms with Crippen molar-refractivity contribution in [2.75, 3.05) is 10.6 Å². The van der Waals surface area contributed by atoms with Gasteiger partial charge in [0.25, 0.3) is 0 Å². The summed E-state index contributed by atoms with van der Waals surface area (Å²) in [6.07, 6.45) is 4.60. The molecule has 1 N–H and O–H groups in total. The number of nitrogens with one attached hydrogen (secondary N) is 1. The van der Waals surface area contributed by atoms with E-state index in [0.29, 0.717) is 0 Å². The molecule has 0 aliphatic carbocycles. The van der Waals surface area contributed by atoms with Crippen LogP contribution in [0, 0.1) is 12.7 Å². The third-order valence-corrected chi connectivity index (χ3v) is 5.92. The van der Waals surface area contributed by atoms with Crippen LogP contribution in [0.15, 0.2) is 60.9 Å². The number of anilines is 1. The Morgan fingerprint density at radius 3 is 2.33 bits per heavy atom. The van der Waals surface area contributed by atoms with Crippen molar-refractivity contribution < 1.29 is 17.6 Å². The van der Waals surface area contributed by atoms with Gasteiger partial charge in [-0.2, -0.15) is 0 Å². The number of benzene rings is 2. The Balaban J connectivity index is 1.69. The van der Waals surface area contributed by atoms with E-state index in [0.717, 1.165) is 39.8 Å². The van der Waals surface area contributed by atoms with Crippen LogP contribution in [0.3, 0.4) is 0 Å². The Labute approximate surface area is 175 Å². The smallest absolute Gasteiger partial charge is 0.243 e. The number of rotatable bonds is 7. The van der Waals surface area contributed by atoms with Gasteiger partial charge in [-0.05, 0) is 55.8 Å². The molecule has 0 fully saturated rings. The summed E-state index contributed by atoms with van der Waals surface area (Å²) in [6, 6.07) is 11.6. The number of amides is 1. The fourth-order valence-corrected chi connectivity index (χ4v) is 4.33. The van der Waals surface area contributed by atoms with E-state index in [1.165, 1.54) is 19.1 Å².